The monoisotopic (exact) mass is 224 g/mol. The second-order valence-corrected chi connectivity index (χ2v) is 5.89. The molecule has 3 aliphatic rings. The van der Waals surface area contributed by atoms with Gasteiger partial charge < -0.3 is 15.0 Å². The fourth-order valence-electron chi connectivity index (χ4n) is 3.61. The lowest BCUT2D eigenvalue weighted by Crippen LogP contribution is -2.43. The van der Waals surface area contributed by atoms with Crippen LogP contribution in [0.5, 0.6) is 0 Å². The van der Waals surface area contributed by atoms with Crippen LogP contribution in [-0.2, 0) is 4.74 Å². The molecule has 3 nitrogen and oxygen atoms in total. The summed E-state index contributed by atoms with van der Waals surface area (Å²) in [5, 5.41) is 3.75. The molecular weight excluding hydrogens is 200 g/mol. The molecule has 3 fully saturated rings. The quantitative estimate of drug-likeness (QED) is 0.780. The van der Waals surface area contributed by atoms with Crippen molar-refractivity contribution in [1.29, 1.82) is 0 Å². The maximum absolute atomic E-state index is 5.87. The van der Waals surface area contributed by atoms with E-state index in [9.17, 15) is 0 Å². The summed E-state index contributed by atoms with van der Waals surface area (Å²) in [5.41, 5.74) is 0. The molecule has 3 saturated heterocycles. The molecule has 0 aliphatic carbocycles. The van der Waals surface area contributed by atoms with Crippen LogP contribution in [0.3, 0.4) is 0 Å². The highest BCUT2D eigenvalue weighted by Crippen LogP contribution is 2.34. The number of piperidine rings is 1. The smallest absolute Gasteiger partial charge is 0.0733 e. The van der Waals surface area contributed by atoms with Crippen molar-refractivity contribution in [1.82, 2.24) is 10.2 Å². The van der Waals surface area contributed by atoms with E-state index >= 15 is 0 Å². The minimum absolute atomic E-state index is 0.534. The number of rotatable bonds is 3. The van der Waals surface area contributed by atoms with Crippen LogP contribution in [0.15, 0.2) is 0 Å². The zero-order valence-electron chi connectivity index (χ0n) is 10.3. The average molecular weight is 224 g/mol. The van der Waals surface area contributed by atoms with Crippen LogP contribution in [0.1, 0.15) is 32.1 Å². The number of ether oxygens (including phenoxy) is 1. The molecule has 0 amide bonds. The van der Waals surface area contributed by atoms with Gasteiger partial charge in [0.15, 0.2) is 0 Å². The van der Waals surface area contributed by atoms with Gasteiger partial charge in [-0.05, 0) is 58.2 Å². The third-order valence-corrected chi connectivity index (χ3v) is 4.50. The Balaban J connectivity index is 1.42. The molecule has 3 heteroatoms. The van der Waals surface area contributed by atoms with Gasteiger partial charge >= 0.3 is 0 Å². The topological polar surface area (TPSA) is 24.5 Å². The number of nitrogens with one attached hydrogen (secondary N) is 1. The first-order valence-electron chi connectivity index (χ1n) is 6.88. The minimum atomic E-state index is 0.534. The van der Waals surface area contributed by atoms with Gasteiger partial charge in [-0.3, -0.25) is 0 Å². The molecule has 3 aliphatic heterocycles. The highest BCUT2D eigenvalue weighted by atomic mass is 16.5. The lowest BCUT2D eigenvalue weighted by atomic mass is 9.93. The standard InChI is InChI=1S/C13H24N2O/c1-15-6-2-3-10(9-15)8-14-12-7-11-4-5-13(12)16-11/h10-14H,2-9H2,1H3. The van der Waals surface area contributed by atoms with Gasteiger partial charge in [0, 0.05) is 12.6 Å². The summed E-state index contributed by atoms with van der Waals surface area (Å²) in [5.74, 6) is 0.859. The van der Waals surface area contributed by atoms with Gasteiger partial charge in [-0.15, -0.1) is 0 Å². The van der Waals surface area contributed by atoms with Crippen LogP contribution >= 0.6 is 0 Å². The summed E-state index contributed by atoms with van der Waals surface area (Å²) in [6.07, 6.45) is 7.73. The SMILES string of the molecule is CN1CCCC(CNC2CC3CCC2O3)C1. The molecule has 92 valence electrons. The van der Waals surface area contributed by atoms with E-state index in [2.05, 4.69) is 17.3 Å². The fourth-order valence-corrected chi connectivity index (χ4v) is 3.61. The Kier molecular flexibility index (Phi) is 3.18. The Hall–Kier alpha value is -0.120. The van der Waals surface area contributed by atoms with Gasteiger partial charge in [0.2, 0.25) is 0 Å². The third kappa shape index (κ3) is 2.27. The fraction of sp³-hybridized carbons (Fsp3) is 1.00. The Bertz CT molecular complexity index is 246. The predicted molar refractivity (Wildman–Crippen MR) is 64.5 cm³/mol. The van der Waals surface area contributed by atoms with Crippen molar-refractivity contribution in [2.75, 3.05) is 26.7 Å². The van der Waals surface area contributed by atoms with Gasteiger partial charge in [0.1, 0.15) is 0 Å². The first kappa shape index (κ1) is 11.0. The Morgan fingerprint density at radius 3 is 2.94 bits per heavy atom. The molecule has 0 saturated carbocycles. The van der Waals surface area contributed by atoms with E-state index in [-0.39, 0.29) is 0 Å². The molecule has 0 spiro atoms. The molecule has 1 N–H and O–H groups in total. The highest BCUT2D eigenvalue weighted by Gasteiger charge is 2.40. The normalized spacial score (nSPS) is 44.1. The van der Waals surface area contributed by atoms with Crippen molar-refractivity contribution in [2.24, 2.45) is 5.92 Å². The molecule has 0 aromatic rings. The summed E-state index contributed by atoms with van der Waals surface area (Å²) in [6.45, 7) is 3.75. The van der Waals surface area contributed by atoms with Gasteiger partial charge in [-0.25, -0.2) is 0 Å². The molecule has 0 radical (unpaired) electrons. The average Bonchev–Trinajstić information content (AvgIpc) is 2.88. The van der Waals surface area contributed by atoms with E-state index < -0.39 is 0 Å². The van der Waals surface area contributed by atoms with Crippen LogP contribution in [0.4, 0.5) is 0 Å². The number of likely N-dealkylation sites (tertiary alicyclic amines) is 1. The minimum Gasteiger partial charge on any atom is -0.373 e. The van der Waals surface area contributed by atoms with Crippen molar-refractivity contribution in [2.45, 2.75) is 50.4 Å². The van der Waals surface area contributed by atoms with Crippen LogP contribution in [0.2, 0.25) is 0 Å². The zero-order valence-corrected chi connectivity index (χ0v) is 10.3. The first-order valence-corrected chi connectivity index (χ1v) is 6.88. The molecular formula is C13H24N2O. The maximum Gasteiger partial charge on any atom is 0.0733 e. The summed E-state index contributed by atoms with van der Waals surface area (Å²) in [7, 11) is 2.24. The van der Waals surface area contributed by atoms with Gasteiger partial charge in [-0.2, -0.15) is 0 Å². The van der Waals surface area contributed by atoms with Crippen molar-refractivity contribution in [3.63, 3.8) is 0 Å². The molecule has 16 heavy (non-hydrogen) atoms. The molecule has 3 rings (SSSR count). The van der Waals surface area contributed by atoms with Crippen LogP contribution in [0, 0.1) is 5.92 Å². The second-order valence-electron chi connectivity index (χ2n) is 5.89. The number of hydrogen-bond donors (Lipinski definition) is 1. The largest absolute Gasteiger partial charge is 0.373 e. The van der Waals surface area contributed by atoms with Crippen LogP contribution in [0.25, 0.3) is 0 Å². The van der Waals surface area contributed by atoms with E-state index in [0.717, 1.165) is 5.92 Å². The van der Waals surface area contributed by atoms with Gasteiger partial charge in [0.25, 0.3) is 0 Å². The van der Waals surface area contributed by atoms with E-state index in [0.29, 0.717) is 18.2 Å². The van der Waals surface area contributed by atoms with Crippen LogP contribution < -0.4 is 5.32 Å². The van der Waals surface area contributed by atoms with E-state index in [1.54, 1.807) is 0 Å². The maximum atomic E-state index is 5.87. The first-order chi connectivity index (χ1) is 7.81. The van der Waals surface area contributed by atoms with E-state index in [4.69, 9.17) is 4.74 Å². The van der Waals surface area contributed by atoms with Crippen molar-refractivity contribution >= 4 is 0 Å². The molecule has 3 heterocycles. The lowest BCUT2D eigenvalue weighted by Gasteiger charge is -2.31. The number of nitrogens with zero attached hydrogens (tertiary/aromatic N) is 1. The van der Waals surface area contributed by atoms with Crippen molar-refractivity contribution in [3.05, 3.63) is 0 Å². The zero-order chi connectivity index (χ0) is 11.0. The van der Waals surface area contributed by atoms with Gasteiger partial charge in [-0.1, -0.05) is 0 Å². The molecule has 4 unspecified atom stereocenters. The number of fused-ring (bicyclic) bond motifs is 2. The Labute approximate surface area is 98.5 Å². The Morgan fingerprint density at radius 2 is 2.25 bits per heavy atom. The number of hydrogen-bond acceptors (Lipinski definition) is 3. The van der Waals surface area contributed by atoms with Gasteiger partial charge in [0.05, 0.1) is 12.2 Å². The summed E-state index contributed by atoms with van der Waals surface area (Å²) in [6, 6.07) is 0.658. The summed E-state index contributed by atoms with van der Waals surface area (Å²) >= 11 is 0. The summed E-state index contributed by atoms with van der Waals surface area (Å²) in [4.78, 5) is 2.47. The third-order valence-electron chi connectivity index (χ3n) is 4.50. The molecule has 0 aromatic heterocycles. The Morgan fingerprint density at radius 1 is 1.31 bits per heavy atom. The highest BCUT2D eigenvalue weighted by molar-refractivity contribution is 4.94. The van der Waals surface area contributed by atoms with E-state index in [1.807, 2.05) is 0 Å². The second kappa shape index (κ2) is 4.63. The molecule has 2 bridgehead atoms. The van der Waals surface area contributed by atoms with Crippen molar-refractivity contribution < 1.29 is 4.74 Å². The molecule has 0 aromatic carbocycles. The lowest BCUT2D eigenvalue weighted by molar-refractivity contribution is 0.0960. The molecule has 4 atom stereocenters. The van der Waals surface area contributed by atoms with E-state index in [1.165, 1.54) is 51.7 Å². The predicted octanol–water partition coefficient (Wildman–Crippen LogP) is 1.24. The summed E-state index contributed by atoms with van der Waals surface area (Å²) < 4.78 is 5.87. The van der Waals surface area contributed by atoms with Crippen LogP contribution in [-0.4, -0.2) is 49.8 Å². The van der Waals surface area contributed by atoms with Crippen molar-refractivity contribution in [3.8, 4) is 0 Å².